The molecule has 1 aromatic carbocycles. The summed E-state index contributed by atoms with van der Waals surface area (Å²) in [4.78, 5) is 14.5. The molecule has 3 rings (SSSR count). The fourth-order valence-electron chi connectivity index (χ4n) is 3.53. The highest BCUT2D eigenvalue weighted by Crippen LogP contribution is 2.33. The van der Waals surface area contributed by atoms with Crippen molar-refractivity contribution < 1.29 is 18.8 Å². The van der Waals surface area contributed by atoms with Gasteiger partial charge >= 0.3 is 13.2 Å². The standard InChI is InChI=1S/C20H30BNO4/c1-19(2,3)26-18(23)22-12-8-11-17(22)15-9-6-7-10-16(15)21-24-13-20(4,5)14-25-21/h6-7,9-10,17H,8,11-14H2,1-5H3/t17-/m1/s1. The maximum absolute atomic E-state index is 12.7. The summed E-state index contributed by atoms with van der Waals surface area (Å²) in [6, 6.07) is 8.14. The maximum atomic E-state index is 12.7. The monoisotopic (exact) mass is 359 g/mol. The first kappa shape index (κ1) is 19.2. The Morgan fingerprint density at radius 3 is 2.54 bits per heavy atom. The van der Waals surface area contributed by atoms with Crippen molar-refractivity contribution in [3.63, 3.8) is 0 Å². The lowest BCUT2D eigenvalue weighted by atomic mass is 9.72. The van der Waals surface area contributed by atoms with E-state index in [1.165, 1.54) is 0 Å². The fraction of sp³-hybridized carbons (Fsp3) is 0.650. The van der Waals surface area contributed by atoms with Crippen LogP contribution in [0.15, 0.2) is 24.3 Å². The van der Waals surface area contributed by atoms with Crippen molar-refractivity contribution in [1.82, 2.24) is 4.90 Å². The van der Waals surface area contributed by atoms with Gasteiger partial charge in [-0.2, -0.15) is 0 Å². The third kappa shape index (κ3) is 4.41. The average Bonchev–Trinajstić information content (AvgIpc) is 3.03. The number of hydrogen-bond donors (Lipinski definition) is 0. The molecule has 5 nitrogen and oxygen atoms in total. The van der Waals surface area contributed by atoms with Gasteiger partial charge in [-0.25, -0.2) is 4.79 Å². The van der Waals surface area contributed by atoms with Gasteiger partial charge < -0.3 is 18.9 Å². The van der Waals surface area contributed by atoms with Gasteiger partial charge in [-0.3, -0.25) is 0 Å². The maximum Gasteiger partial charge on any atom is 0.494 e. The molecule has 0 radical (unpaired) electrons. The molecule has 2 fully saturated rings. The van der Waals surface area contributed by atoms with Crippen molar-refractivity contribution >= 4 is 18.7 Å². The molecule has 2 saturated heterocycles. The molecule has 0 aromatic heterocycles. The van der Waals surface area contributed by atoms with Crippen LogP contribution in [0.2, 0.25) is 0 Å². The molecule has 1 amide bonds. The number of hydrogen-bond acceptors (Lipinski definition) is 4. The Labute approximate surface area is 157 Å². The van der Waals surface area contributed by atoms with Gasteiger partial charge in [-0.15, -0.1) is 0 Å². The van der Waals surface area contributed by atoms with Crippen LogP contribution >= 0.6 is 0 Å². The van der Waals surface area contributed by atoms with E-state index in [9.17, 15) is 4.79 Å². The van der Waals surface area contributed by atoms with Crippen molar-refractivity contribution in [2.24, 2.45) is 5.41 Å². The van der Waals surface area contributed by atoms with Gasteiger partial charge in [0.1, 0.15) is 5.60 Å². The van der Waals surface area contributed by atoms with E-state index in [1.54, 1.807) is 0 Å². The number of rotatable bonds is 2. The van der Waals surface area contributed by atoms with Crippen molar-refractivity contribution in [2.45, 2.75) is 59.1 Å². The normalized spacial score (nSPS) is 23.2. The number of carbonyl (C=O) groups excluding carboxylic acids is 1. The number of amides is 1. The summed E-state index contributed by atoms with van der Waals surface area (Å²) < 4.78 is 17.6. The molecule has 1 aromatic rings. The van der Waals surface area contributed by atoms with Gasteiger partial charge in [0.2, 0.25) is 0 Å². The zero-order valence-electron chi connectivity index (χ0n) is 16.6. The molecule has 2 aliphatic rings. The van der Waals surface area contributed by atoms with Crippen molar-refractivity contribution in [1.29, 1.82) is 0 Å². The number of benzene rings is 1. The van der Waals surface area contributed by atoms with Gasteiger partial charge in [0.15, 0.2) is 0 Å². The van der Waals surface area contributed by atoms with Crippen LogP contribution in [0.25, 0.3) is 0 Å². The molecule has 0 unspecified atom stereocenters. The smallest absolute Gasteiger partial charge is 0.444 e. The Morgan fingerprint density at radius 1 is 1.23 bits per heavy atom. The highest BCUT2D eigenvalue weighted by atomic mass is 16.6. The SMILES string of the molecule is CC1(C)COB(c2ccccc2[C@H]2CCCN2C(=O)OC(C)(C)C)OC1. The second-order valence-electron chi connectivity index (χ2n) is 9.08. The van der Waals surface area contributed by atoms with Crippen LogP contribution in [0.1, 0.15) is 59.1 Å². The molecular formula is C20H30BNO4. The molecule has 0 saturated carbocycles. The lowest BCUT2D eigenvalue weighted by molar-refractivity contribution is 0.0221. The van der Waals surface area contributed by atoms with Crippen LogP contribution in [0.4, 0.5) is 4.79 Å². The highest BCUT2D eigenvalue weighted by Gasteiger charge is 2.39. The molecule has 0 N–H and O–H groups in total. The van der Waals surface area contributed by atoms with E-state index in [0.29, 0.717) is 19.8 Å². The molecule has 2 heterocycles. The van der Waals surface area contributed by atoms with E-state index in [4.69, 9.17) is 14.0 Å². The number of carbonyl (C=O) groups is 1. The van der Waals surface area contributed by atoms with E-state index < -0.39 is 5.60 Å². The number of nitrogens with zero attached hydrogens (tertiary/aromatic N) is 1. The van der Waals surface area contributed by atoms with Crippen molar-refractivity contribution in [3.8, 4) is 0 Å². The number of likely N-dealkylation sites (tertiary alicyclic amines) is 1. The van der Waals surface area contributed by atoms with Gasteiger partial charge in [-0.1, -0.05) is 38.1 Å². The van der Waals surface area contributed by atoms with Crippen LogP contribution in [0.5, 0.6) is 0 Å². The Bertz CT molecular complexity index is 645. The largest absolute Gasteiger partial charge is 0.494 e. The Hall–Kier alpha value is -1.53. The van der Waals surface area contributed by atoms with E-state index >= 15 is 0 Å². The highest BCUT2D eigenvalue weighted by molar-refractivity contribution is 6.62. The molecular weight excluding hydrogens is 329 g/mol. The van der Waals surface area contributed by atoms with E-state index in [-0.39, 0.29) is 24.7 Å². The van der Waals surface area contributed by atoms with Gasteiger partial charge in [0, 0.05) is 25.2 Å². The predicted molar refractivity (Wildman–Crippen MR) is 102 cm³/mol. The lowest BCUT2D eigenvalue weighted by Gasteiger charge is -2.35. The minimum absolute atomic E-state index is 0.00295. The third-order valence-corrected chi connectivity index (χ3v) is 4.74. The van der Waals surface area contributed by atoms with Gasteiger partial charge in [0.05, 0.1) is 6.04 Å². The van der Waals surface area contributed by atoms with E-state index in [1.807, 2.05) is 43.9 Å². The van der Waals surface area contributed by atoms with Crippen LogP contribution in [0.3, 0.4) is 0 Å². The van der Waals surface area contributed by atoms with Crippen molar-refractivity contribution in [2.75, 3.05) is 19.8 Å². The summed E-state index contributed by atoms with van der Waals surface area (Å²) in [5.74, 6) is 0. The zero-order valence-corrected chi connectivity index (χ0v) is 16.6. The van der Waals surface area contributed by atoms with Crippen molar-refractivity contribution in [3.05, 3.63) is 29.8 Å². The summed E-state index contributed by atoms with van der Waals surface area (Å²) >= 11 is 0. The Balaban J connectivity index is 1.82. The minimum Gasteiger partial charge on any atom is -0.444 e. The first-order valence-electron chi connectivity index (χ1n) is 9.48. The molecule has 142 valence electrons. The molecule has 6 heteroatoms. The second-order valence-corrected chi connectivity index (χ2v) is 9.08. The summed E-state index contributed by atoms with van der Waals surface area (Å²) in [6.45, 7) is 12.0. The third-order valence-electron chi connectivity index (χ3n) is 4.74. The summed E-state index contributed by atoms with van der Waals surface area (Å²) in [6.07, 6.45) is 1.65. The first-order chi connectivity index (χ1) is 12.2. The number of ether oxygens (including phenoxy) is 1. The van der Waals surface area contributed by atoms with Gasteiger partial charge in [-0.05, 0) is 44.6 Å². The van der Waals surface area contributed by atoms with Crippen LogP contribution in [-0.2, 0) is 14.0 Å². The summed E-state index contributed by atoms with van der Waals surface area (Å²) in [5.41, 5.74) is 1.65. The topological polar surface area (TPSA) is 48.0 Å². The lowest BCUT2D eigenvalue weighted by Crippen LogP contribution is -2.49. The summed E-state index contributed by atoms with van der Waals surface area (Å²) in [7, 11) is -0.375. The fourth-order valence-corrected chi connectivity index (χ4v) is 3.53. The predicted octanol–water partition coefficient (Wildman–Crippen LogP) is 3.53. The van der Waals surface area contributed by atoms with E-state index in [0.717, 1.165) is 23.9 Å². The molecule has 0 bridgehead atoms. The van der Waals surface area contributed by atoms with Crippen LogP contribution in [-0.4, -0.2) is 43.5 Å². The van der Waals surface area contributed by atoms with Crippen LogP contribution in [0, 0.1) is 5.41 Å². The first-order valence-corrected chi connectivity index (χ1v) is 9.48. The molecule has 0 aliphatic carbocycles. The molecule has 0 spiro atoms. The molecule has 1 atom stereocenters. The molecule has 26 heavy (non-hydrogen) atoms. The minimum atomic E-state index is -0.495. The summed E-state index contributed by atoms with van der Waals surface area (Å²) in [5, 5.41) is 0. The Kier molecular flexibility index (Phi) is 5.36. The Morgan fingerprint density at radius 2 is 1.88 bits per heavy atom. The second kappa shape index (κ2) is 7.24. The van der Waals surface area contributed by atoms with Crippen LogP contribution < -0.4 is 5.46 Å². The quantitative estimate of drug-likeness (QED) is 0.758. The van der Waals surface area contributed by atoms with Gasteiger partial charge in [0.25, 0.3) is 0 Å². The molecule has 2 aliphatic heterocycles. The zero-order chi connectivity index (χ0) is 18.9. The average molecular weight is 359 g/mol. The van der Waals surface area contributed by atoms with E-state index in [2.05, 4.69) is 19.9 Å².